The van der Waals surface area contributed by atoms with E-state index in [1.807, 2.05) is 48.5 Å². The molecule has 0 aliphatic carbocycles. The van der Waals surface area contributed by atoms with Crippen molar-refractivity contribution in [3.63, 3.8) is 0 Å². The fourth-order valence-corrected chi connectivity index (χ4v) is 23.2. The zero-order chi connectivity index (χ0) is 94.6. The molecule has 0 amide bonds. The normalized spacial score (nSPS) is 11.9. The summed E-state index contributed by atoms with van der Waals surface area (Å²) in [5.41, 5.74) is 33.4. The Hall–Kier alpha value is -19.1. The van der Waals surface area contributed by atoms with Gasteiger partial charge in [0.15, 0.2) is 0 Å². The summed E-state index contributed by atoms with van der Waals surface area (Å²) < 4.78 is 40.2. The molecule has 31 rings (SSSR count). The van der Waals surface area contributed by atoms with Crippen molar-refractivity contribution >= 4 is 196 Å². The molecule has 6 nitrogen and oxygen atoms in total. The molecule has 0 radical (unpaired) electrons. The second kappa shape index (κ2) is 33.3. The molecule has 0 fully saturated rings. The van der Waals surface area contributed by atoms with E-state index in [2.05, 4.69) is 449 Å². The molecule has 0 aliphatic heterocycles. The van der Waals surface area contributed by atoms with E-state index in [-0.39, 0.29) is 0 Å². The minimum Gasteiger partial charge on any atom is -0.455 e. The van der Waals surface area contributed by atoms with Crippen LogP contribution in [0.1, 0.15) is 0 Å². The first-order chi connectivity index (χ1) is 71.5. The fraction of sp³-hybridized carbons (Fsp3) is 0. The van der Waals surface area contributed by atoms with Crippen molar-refractivity contribution in [2.24, 2.45) is 0 Å². The van der Waals surface area contributed by atoms with Crippen molar-refractivity contribution in [2.45, 2.75) is 0 Å². The van der Waals surface area contributed by atoms with E-state index < -0.39 is 0 Å². The number of para-hydroxylation sites is 4. The lowest BCUT2D eigenvalue weighted by atomic mass is 9.85. The average Bonchev–Trinajstić information content (AvgIpc) is 1.55. The second-order valence-corrected chi connectivity index (χ2v) is 37.5. The van der Waals surface area contributed by atoms with Gasteiger partial charge in [-0.3, -0.25) is 0 Å². The fourth-order valence-electron chi connectivity index (χ4n) is 23.2. The third-order valence-electron chi connectivity index (χ3n) is 29.6. The van der Waals surface area contributed by atoms with Gasteiger partial charge in [0.05, 0.1) is 16.7 Å². The molecule has 0 atom stereocenters. The van der Waals surface area contributed by atoms with E-state index in [0.717, 1.165) is 182 Å². The van der Waals surface area contributed by atoms with Crippen molar-refractivity contribution in [3.05, 3.63) is 497 Å². The van der Waals surface area contributed by atoms with Crippen molar-refractivity contribution in [3.8, 4) is 111 Å². The van der Waals surface area contributed by atoms with Gasteiger partial charge >= 0.3 is 0 Å². The predicted molar refractivity (Wildman–Crippen MR) is 602 cm³/mol. The van der Waals surface area contributed by atoms with Crippen molar-refractivity contribution in [1.82, 2.24) is 0 Å². The molecular formula is C138H82O6. The highest BCUT2D eigenvalue weighted by Gasteiger charge is 2.30. The Morgan fingerprint density at radius 3 is 0.479 bits per heavy atom. The number of fused-ring (bicyclic) bond motifs is 24. The van der Waals surface area contributed by atoms with Crippen LogP contribution in [0, 0.1) is 0 Å². The van der Waals surface area contributed by atoms with Gasteiger partial charge in [0, 0.05) is 70.2 Å². The summed E-state index contributed by atoms with van der Waals surface area (Å²) in [7, 11) is 0. The number of rotatable bonds is 10. The Labute approximate surface area is 825 Å². The molecule has 0 aliphatic rings. The molecule has 25 aromatic carbocycles. The topological polar surface area (TPSA) is 78.8 Å². The standard InChI is InChI=1S/C56H34O2.C44H26O2.C38H22O2/c1-4-14-35(15-5-1)40-28-30-50-46(32-40)48-34-49-47-33-41(36-16-6-2-7-17-36)29-31-51(47)58-56(49)54(55(48)57-50)39-26-24-38(25-27-39)53-44-22-12-10-20-42(44)52(37-18-8-3-9-19-37)43-21-11-13-23-45(43)53;1-2-12-27(13-3-1)40-32-16-4-6-18-34(32)41(35-19-7-5-17-33(35)40)28-22-24-29(25-23-28)42-43-36(30-14-8-10-20-38(30)45-43)26-37-31-15-9-11-21-39(31)46-44(37)42;1-2-12-23(13-3-1)34-26-16-4-6-18-28(26)35(29-19-7-5-17-27(29)34)36-37-30(24-14-8-10-20-32(24)39-37)22-31-25-15-9-11-21-33(25)40-38(31)36/h1-34H;1-26H;1-22H. The molecule has 0 spiro atoms. The lowest BCUT2D eigenvalue weighted by Crippen LogP contribution is -1.91. The van der Waals surface area contributed by atoms with Crippen molar-refractivity contribution < 1.29 is 26.5 Å². The highest BCUT2D eigenvalue weighted by Crippen LogP contribution is 2.55. The maximum Gasteiger partial charge on any atom is 0.147 e. The Bertz CT molecular complexity index is 10200. The van der Waals surface area contributed by atoms with Crippen LogP contribution in [0.3, 0.4) is 0 Å². The Balaban J connectivity index is 0.000000105. The summed E-state index contributed by atoms with van der Waals surface area (Å²) in [4.78, 5) is 0. The molecule has 6 aromatic heterocycles. The molecule has 0 bridgehead atoms. The first-order valence-electron chi connectivity index (χ1n) is 49.1. The Morgan fingerprint density at radius 1 is 0.0833 bits per heavy atom. The zero-order valence-corrected chi connectivity index (χ0v) is 77.8. The first-order valence-corrected chi connectivity index (χ1v) is 49.1. The maximum absolute atomic E-state index is 6.85. The van der Waals surface area contributed by atoms with E-state index >= 15 is 0 Å². The SMILES string of the molecule is c1ccc(-c2c3ccccc3c(-c3c4oc5ccccc5c4cc4c3oc3ccccc34)c3ccccc23)cc1.c1ccc(-c2c3ccccc3c(-c3ccc(-c4c5oc6ccccc6c5cc5c4oc4ccccc45)cc3)c3ccccc23)cc1.c1ccc(-c2ccc3oc4c(-c5ccc(-c6c7ccccc7c(-c7ccccc7)c7ccccc67)cc5)c5oc6ccc(-c7ccccc7)cc6c5cc4c3c2)cc1. The smallest absolute Gasteiger partial charge is 0.147 e. The minimum absolute atomic E-state index is 0.825. The van der Waals surface area contributed by atoms with Gasteiger partial charge in [-0.1, -0.05) is 431 Å². The van der Waals surface area contributed by atoms with Crippen molar-refractivity contribution in [2.75, 3.05) is 0 Å². The molecule has 0 saturated heterocycles. The highest BCUT2D eigenvalue weighted by molar-refractivity contribution is 6.32. The molecular weight excluding hydrogens is 1750 g/mol. The summed E-state index contributed by atoms with van der Waals surface area (Å²) in [5.74, 6) is 0. The molecule has 0 unspecified atom stereocenters. The van der Waals surface area contributed by atoms with Gasteiger partial charge in [-0.25, -0.2) is 0 Å². The van der Waals surface area contributed by atoms with Gasteiger partial charge in [0.2, 0.25) is 0 Å². The molecule has 144 heavy (non-hydrogen) atoms. The van der Waals surface area contributed by atoms with Crippen LogP contribution in [-0.4, -0.2) is 0 Å². The summed E-state index contributed by atoms with van der Waals surface area (Å²) in [6.45, 7) is 0. The van der Waals surface area contributed by atoms with Crippen LogP contribution in [0.15, 0.2) is 524 Å². The Kier molecular flexibility index (Phi) is 19.0. The molecule has 670 valence electrons. The number of hydrogen-bond donors (Lipinski definition) is 0. The largest absolute Gasteiger partial charge is 0.455 e. The summed E-state index contributed by atoms with van der Waals surface area (Å²) in [6, 6.07) is 177. The molecule has 6 heteroatoms. The van der Waals surface area contributed by atoms with Crippen LogP contribution in [0.4, 0.5) is 0 Å². The molecule has 0 saturated carbocycles. The van der Waals surface area contributed by atoms with E-state index in [4.69, 9.17) is 26.5 Å². The van der Waals surface area contributed by atoms with Gasteiger partial charge in [0.1, 0.15) is 67.0 Å². The lowest BCUT2D eigenvalue weighted by Gasteiger charge is -2.18. The average molecular weight is 1840 g/mol. The van der Waals surface area contributed by atoms with Crippen LogP contribution in [0.2, 0.25) is 0 Å². The second-order valence-electron chi connectivity index (χ2n) is 37.5. The van der Waals surface area contributed by atoms with Gasteiger partial charge < -0.3 is 26.5 Å². The number of hydrogen-bond acceptors (Lipinski definition) is 6. The highest BCUT2D eigenvalue weighted by atomic mass is 16.4. The van der Waals surface area contributed by atoms with Gasteiger partial charge in [-0.15, -0.1) is 0 Å². The maximum atomic E-state index is 6.85. The first kappa shape index (κ1) is 82.0. The monoisotopic (exact) mass is 1830 g/mol. The Morgan fingerprint density at radius 2 is 0.243 bits per heavy atom. The zero-order valence-electron chi connectivity index (χ0n) is 77.8. The van der Waals surface area contributed by atoms with Crippen LogP contribution in [0.5, 0.6) is 0 Å². The van der Waals surface area contributed by atoms with Gasteiger partial charge in [-0.2, -0.15) is 0 Å². The third-order valence-corrected chi connectivity index (χ3v) is 29.6. The minimum atomic E-state index is 0.825. The van der Waals surface area contributed by atoms with E-state index in [1.165, 1.54) is 126 Å². The van der Waals surface area contributed by atoms with Crippen LogP contribution in [-0.2, 0) is 0 Å². The van der Waals surface area contributed by atoms with Crippen LogP contribution in [0.25, 0.3) is 308 Å². The van der Waals surface area contributed by atoms with E-state index in [0.29, 0.717) is 0 Å². The summed E-state index contributed by atoms with van der Waals surface area (Å²) >= 11 is 0. The van der Waals surface area contributed by atoms with E-state index in [9.17, 15) is 0 Å². The predicted octanol–water partition coefficient (Wildman–Crippen LogP) is 40.0. The number of furan rings is 6. The number of benzene rings is 25. The van der Waals surface area contributed by atoms with Crippen LogP contribution < -0.4 is 0 Å². The third kappa shape index (κ3) is 13.1. The van der Waals surface area contributed by atoms with Crippen molar-refractivity contribution in [1.29, 1.82) is 0 Å². The molecule has 6 heterocycles. The quantitative estimate of drug-likeness (QED) is 0.127. The van der Waals surface area contributed by atoms with Crippen LogP contribution >= 0.6 is 0 Å². The van der Waals surface area contributed by atoms with Gasteiger partial charge in [-0.05, 0) is 220 Å². The summed E-state index contributed by atoms with van der Waals surface area (Å²) in [6.07, 6.45) is 0. The van der Waals surface area contributed by atoms with Gasteiger partial charge in [0.25, 0.3) is 0 Å². The lowest BCUT2D eigenvalue weighted by molar-refractivity contribution is 0.657. The van der Waals surface area contributed by atoms with E-state index in [1.54, 1.807) is 0 Å². The summed E-state index contributed by atoms with van der Waals surface area (Å²) in [5, 5.41) is 27.9. The molecule has 0 N–H and O–H groups in total. The molecule has 31 aromatic rings.